The molecule has 1 atom stereocenters. The Labute approximate surface area is 172 Å². The number of hydrogen-bond donors (Lipinski definition) is 0. The van der Waals surface area contributed by atoms with Gasteiger partial charge in [-0.3, -0.25) is 4.79 Å². The Bertz CT molecular complexity index is 985. The molecule has 0 saturated carbocycles. The molecular formula is C23H17ClO5. The van der Waals surface area contributed by atoms with E-state index in [9.17, 15) is 14.4 Å². The van der Waals surface area contributed by atoms with Crippen LogP contribution < -0.4 is 0 Å². The molecular weight excluding hydrogens is 392 g/mol. The average molecular weight is 409 g/mol. The van der Waals surface area contributed by atoms with Gasteiger partial charge in [0.15, 0.2) is 0 Å². The van der Waals surface area contributed by atoms with Gasteiger partial charge in [-0.05, 0) is 41.4 Å². The molecule has 29 heavy (non-hydrogen) atoms. The van der Waals surface area contributed by atoms with Crippen LogP contribution in [0.4, 0.5) is 0 Å². The standard InChI is InChI=1S/C23H17ClO5/c24-21(25)18-11-13-19(14-12-18)22(26)29-20(17-9-5-2-6-10-17)23(27)28-15-16-7-3-1-4-8-16/h1-14,20H,15H2. The van der Waals surface area contributed by atoms with Gasteiger partial charge in [-0.1, -0.05) is 60.7 Å². The predicted octanol–water partition coefficient (Wildman–Crippen LogP) is 4.71. The van der Waals surface area contributed by atoms with Crippen LogP contribution in [0.3, 0.4) is 0 Å². The van der Waals surface area contributed by atoms with Crippen molar-refractivity contribution in [3.05, 3.63) is 107 Å². The number of halogens is 1. The topological polar surface area (TPSA) is 69.7 Å². The van der Waals surface area contributed by atoms with Gasteiger partial charge < -0.3 is 9.47 Å². The summed E-state index contributed by atoms with van der Waals surface area (Å²) in [5, 5.41) is -0.628. The third-order valence-electron chi connectivity index (χ3n) is 4.11. The first-order valence-electron chi connectivity index (χ1n) is 8.81. The molecule has 0 heterocycles. The highest BCUT2D eigenvalue weighted by Gasteiger charge is 2.27. The number of esters is 2. The first-order chi connectivity index (χ1) is 14.0. The monoisotopic (exact) mass is 408 g/mol. The molecule has 0 aliphatic rings. The number of carbonyl (C=O) groups is 3. The summed E-state index contributed by atoms with van der Waals surface area (Å²) in [7, 11) is 0. The molecule has 3 aromatic carbocycles. The van der Waals surface area contributed by atoms with E-state index in [-0.39, 0.29) is 17.7 Å². The molecule has 0 spiro atoms. The summed E-state index contributed by atoms with van der Waals surface area (Å²) in [5.41, 5.74) is 1.75. The first-order valence-corrected chi connectivity index (χ1v) is 9.19. The lowest BCUT2D eigenvalue weighted by molar-refractivity contribution is -0.155. The predicted molar refractivity (Wildman–Crippen MR) is 107 cm³/mol. The van der Waals surface area contributed by atoms with Crippen molar-refractivity contribution in [2.45, 2.75) is 12.7 Å². The Morgan fingerprint density at radius 3 is 1.90 bits per heavy atom. The van der Waals surface area contributed by atoms with Crippen molar-refractivity contribution in [2.75, 3.05) is 0 Å². The van der Waals surface area contributed by atoms with Crippen molar-refractivity contribution < 1.29 is 23.9 Å². The molecule has 0 aliphatic carbocycles. The number of hydrogen-bond acceptors (Lipinski definition) is 5. The van der Waals surface area contributed by atoms with Crippen LogP contribution in [0, 0.1) is 0 Å². The maximum atomic E-state index is 12.7. The summed E-state index contributed by atoms with van der Waals surface area (Å²) in [6, 6.07) is 23.5. The van der Waals surface area contributed by atoms with Crippen LogP contribution in [0.25, 0.3) is 0 Å². The van der Waals surface area contributed by atoms with Crippen molar-refractivity contribution in [2.24, 2.45) is 0 Å². The van der Waals surface area contributed by atoms with Crippen LogP contribution in [0.1, 0.15) is 37.9 Å². The molecule has 3 aromatic rings. The Hall–Kier alpha value is -3.44. The van der Waals surface area contributed by atoms with Crippen molar-refractivity contribution in [3.8, 4) is 0 Å². The zero-order valence-electron chi connectivity index (χ0n) is 15.3. The SMILES string of the molecule is O=C(Cl)c1ccc(C(=O)OC(C(=O)OCc2ccccc2)c2ccccc2)cc1. The summed E-state index contributed by atoms with van der Waals surface area (Å²) < 4.78 is 10.8. The van der Waals surface area contributed by atoms with E-state index in [1.807, 2.05) is 30.3 Å². The Kier molecular flexibility index (Phi) is 6.76. The molecule has 5 nitrogen and oxygen atoms in total. The third-order valence-corrected chi connectivity index (χ3v) is 4.33. The lowest BCUT2D eigenvalue weighted by atomic mass is 10.1. The van der Waals surface area contributed by atoms with Crippen molar-refractivity contribution in [1.29, 1.82) is 0 Å². The van der Waals surface area contributed by atoms with E-state index < -0.39 is 23.3 Å². The largest absolute Gasteiger partial charge is 0.458 e. The van der Waals surface area contributed by atoms with E-state index in [4.69, 9.17) is 21.1 Å². The lowest BCUT2D eigenvalue weighted by Gasteiger charge is -2.17. The maximum absolute atomic E-state index is 12.7. The van der Waals surface area contributed by atoms with Crippen LogP contribution in [-0.2, 0) is 20.9 Å². The van der Waals surface area contributed by atoms with Gasteiger partial charge in [0.25, 0.3) is 5.24 Å². The molecule has 0 amide bonds. The molecule has 0 aliphatic heterocycles. The summed E-state index contributed by atoms with van der Waals surface area (Å²) in [5.74, 6) is -1.40. The average Bonchev–Trinajstić information content (AvgIpc) is 2.77. The first kappa shape index (κ1) is 20.3. The van der Waals surface area contributed by atoms with Crippen molar-refractivity contribution in [1.82, 2.24) is 0 Å². The summed E-state index contributed by atoms with van der Waals surface area (Å²) in [4.78, 5) is 36.4. The molecule has 1 unspecified atom stereocenters. The van der Waals surface area contributed by atoms with Gasteiger partial charge in [0.05, 0.1) is 5.56 Å². The van der Waals surface area contributed by atoms with E-state index in [0.717, 1.165) is 5.56 Å². The third kappa shape index (κ3) is 5.53. The van der Waals surface area contributed by atoms with E-state index >= 15 is 0 Å². The number of carbonyl (C=O) groups excluding carboxylic acids is 3. The minimum Gasteiger partial charge on any atom is -0.458 e. The Balaban J connectivity index is 1.75. The molecule has 6 heteroatoms. The number of rotatable bonds is 7. The van der Waals surface area contributed by atoms with Gasteiger partial charge in [0.1, 0.15) is 6.61 Å². The van der Waals surface area contributed by atoms with Crippen LogP contribution in [0.2, 0.25) is 0 Å². The number of benzene rings is 3. The van der Waals surface area contributed by atoms with Gasteiger partial charge in [-0.15, -0.1) is 0 Å². The molecule has 0 aromatic heterocycles. The Morgan fingerprint density at radius 2 is 1.31 bits per heavy atom. The molecule has 3 rings (SSSR count). The second kappa shape index (κ2) is 9.66. The van der Waals surface area contributed by atoms with Gasteiger partial charge in [-0.2, -0.15) is 0 Å². The fraction of sp³-hybridized carbons (Fsp3) is 0.0870. The van der Waals surface area contributed by atoms with Gasteiger partial charge in [0, 0.05) is 11.1 Å². The zero-order valence-corrected chi connectivity index (χ0v) is 16.0. The molecule has 0 fully saturated rings. The van der Waals surface area contributed by atoms with E-state index in [2.05, 4.69) is 0 Å². The number of ether oxygens (including phenoxy) is 2. The molecule has 0 bridgehead atoms. The van der Waals surface area contributed by atoms with Gasteiger partial charge in [-0.25, -0.2) is 9.59 Å². The van der Waals surface area contributed by atoms with Crippen LogP contribution in [0.5, 0.6) is 0 Å². The van der Waals surface area contributed by atoms with E-state index in [1.54, 1.807) is 30.3 Å². The van der Waals surface area contributed by atoms with Crippen LogP contribution in [0.15, 0.2) is 84.9 Å². The smallest absolute Gasteiger partial charge is 0.352 e. The summed E-state index contributed by atoms with van der Waals surface area (Å²) in [6.07, 6.45) is -1.22. The Morgan fingerprint density at radius 1 is 0.759 bits per heavy atom. The molecule has 0 radical (unpaired) electrons. The maximum Gasteiger partial charge on any atom is 0.352 e. The lowest BCUT2D eigenvalue weighted by Crippen LogP contribution is -2.22. The second-order valence-electron chi connectivity index (χ2n) is 6.14. The summed E-state index contributed by atoms with van der Waals surface area (Å²) in [6.45, 7) is 0.0626. The second-order valence-corrected chi connectivity index (χ2v) is 6.48. The normalized spacial score (nSPS) is 11.3. The zero-order chi connectivity index (χ0) is 20.6. The highest BCUT2D eigenvalue weighted by Crippen LogP contribution is 2.22. The van der Waals surface area contributed by atoms with Gasteiger partial charge in [0.2, 0.25) is 6.10 Å². The molecule has 0 N–H and O–H groups in total. The fourth-order valence-electron chi connectivity index (χ4n) is 2.60. The van der Waals surface area contributed by atoms with Crippen LogP contribution >= 0.6 is 11.6 Å². The quantitative estimate of drug-likeness (QED) is 0.418. The molecule has 146 valence electrons. The van der Waals surface area contributed by atoms with Gasteiger partial charge >= 0.3 is 11.9 Å². The minimum atomic E-state index is -1.22. The minimum absolute atomic E-state index is 0.0626. The summed E-state index contributed by atoms with van der Waals surface area (Å²) >= 11 is 5.41. The molecule has 0 saturated heterocycles. The highest BCUT2D eigenvalue weighted by molar-refractivity contribution is 6.67. The highest BCUT2D eigenvalue weighted by atomic mass is 35.5. The van der Waals surface area contributed by atoms with Crippen molar-refractivity contribution >= 4 is 28.8 Å². The van der Waals surface area contributed by atoms with E-state index in [0.29, 0.717) is 5.56 Å². The fourth-order valence-corrected chi connectivity index (χ4v) is 2.72. The van der Waals surface area contributed by atoms with Crippen molar-refractivity contribution in [3.63, 3.8) is 0 Å². The van der Waals surface area contributed by atoms with Crippen LogP contribution in [-0.4, -0.2) is 17.2 Å². The van der Waals surface area contributed by atoms with E-state index in [1.165, 1.54) is 24.3 Å².